The fourth-order valence-electron chi connectivity index (χ4n) is 4.18. The van der Waals surface area contributed by atoms with Gasteiger partial charge in [-0.1, -0.05) is 19.3 Å². The van der Waals surface area contributed by atoms with Gasteiger partial charge in [0.05, 0.1) is 18.3 Å². The van der Waals surface area contributed by atoms with Gasteiger partial charge in [-0.05, 0) is 45.1 Å². The Balaban J connectivity index is 1.62. The van der Waals surface area contributed by atoms with Crippen LogP contribution in [0.25, 0.3) is 22.3 Å². The van der Waals surface area contributed by atoms with E-state index in [1.807, 2.05) is 48.1 Å². The Labute approximate surface area is 171 Å². The third-order valence-electron chi connectivity index (χ3n) is 5.49. The van der Waals surface area contributed by atoms with Crippen LogP contribution in [-0.2, 0) is 6.54 Å². The highest BCUT2D eigenvalue weighted by Crippen LogP contribution is 2.29. The maximum Gasteiger partial charge on any atom is 0.223 e. The zero-order chi connectivity index (χ0) is 20.2. The number of fused-ring (bicyclic) bond motifs is 1. The number of aliphatic hydroxyl groups is 1. The monoisotopic (exact) mass is 394 g/mol. The predicted octanol–water partition coefficient (Wildman–Crippen LogP) is 3.16. The molecular weight excluding hydrogens is 364 g/mol. The van der Waals surface area contributed by atoms with E-state index in [1.165, 1.54) is 32.1 Å². The summed E-state index contributed by atoms with van der Waals surface area (Å²) in [6.45, 7) is 1.09. The van der Waals surface area contributed by atoms with Crippen molar-refractivity contribution in [2.45, 2.75) is 50.8 Å². The van der Waals surface area contributed by atoms with Crippen LogP contribution in [0.15, 0.2) is 36.8 Å². The molecule has 1 atom stereocenters. The molecule has 1 fully saturated rings. The van der Waals surface area contributed by atoms with Crippen molar-refractivity contribution in [1.29, 1.82) is 0 Å². The van der Waals surface area contributed by atoms with Crippen LogP contribution in [0.4, 0.5) is 5.95 Å². The van der Waals surface area contributed by atoms with E-state index in [-0.39, 0.29) is 0 Å². The summed E-state index contributed by atoms with van der Waals surface area (Å²) in [4.78, 5) is 15.8. The van der Waals surface area contributed by atoms with E-state index in [9.17, 15) is 5.11 Å². The molecule has 3 aromatic heterocycles. The average Bonchev–Trinajstić information content (AvgIpc) is 3.07. The third kappa shape index (κ3) is 4.74. The van der Waals surface area contributed by atoms with Crippen LogP contribution in [0.5, 0.6) is 0 Å². The van der Waals surface area contributed by atoms with Gasteiger partial charge < -0.3 is 19.9 Å². The van der Waals surface area contributed by atoms with Crippen LogP contribution >= 0.6 is 0 Å². The molecule has 0 spiro atoms. The zero-order valence-electron chi connectivity index (χ0n) is 17.3. The van der Waals surface area contributed by atoms with Gasteiger partial charge in [0.1, 0.15) is 5.65 Å². The highest BCUT2D eigenvalue weighted by Gasteiger charge is 2.17. The van der Waals surface area contributed by atoms with E-state index in [4.69, 9.17) is 4.98 Å². The molecule has 1 saturated carbocycles. The van der Waals surface area contributed by atoms with E-state index in [0.717, 1.165) is 22.3 Å². The molecule has 0 bridgehead atoms. The lowest BCUT2D eigenvalue weighted by atomic mass is 9.96. The zero-order valence-corrected chi connectivity index (χ0v) is 17.3. The van der Waals surface area contributed by atoms with Crippen LogP contribution in [0.2, 0.25) is 0 Å². The Kier molecular flexibility index (Phi) is 6.06. The molecule has 3 aromatic rings. The van der Waals surface area contributed by atoms with E-state index >= 15 is 0 Å². The molecule has 1 aliphatic carbocycles. The minimum atomic E-state index is -0.468. The van der Waals surface area contributed by atoms with Gasteiger partial charge in [0, 0.05) is 42.1 Å². The van der Waals surface area contributed by atoms with E-state index in [1.54, 1.807) is 6.20 Å². The Hall–Kier alpha value is -2.51. The lowest BCUT2D eigenvalue weighted by Crippen LogP contribution is -2.29. The number of pyridine rings is 1. The number of rotatable bonds is 7. The lowest BCUT2D eigenvalue weighted by molar-refractivity contribution is 0.121. The van der Waals surface area contributed by atoms with E-state index < -0.39 is 6.10 Å². The molecule has 0 aliphatic heterocycles. The molecule has 0 aromatic carbocycles. The van der Waals surface area contributed by atoms with Crippen LogP contribution in [0, 0.1) is 0 Å². The first-order valence-corrected chi connectivity index (χ1v) is 10.5. The topological polar surface area (TPSA) is 79.1 Å². The van der Waals surface area contributed by atoms with Gasteiger partial charge >= 0.3 is 0 Å². The number of aliphatic hydroxyl groups excluding tert-OH is 1. The van der Waals surface area contributed by atoms with Gasteiger partial charge in [-0.15, -0.1) is 0 Å². The second-order valence-corrected chi connectivity index (χ2v) is 8.23. The molecule has 154 valence electrons. The minimum absolute atomic E-state index is 0.461. The van der Waals surface area contributed by atoms with Gasteiger partial charge in [0.2, 0.25) is 5.95 Å². The molecule has 29 heavy (non-hydrogen) atoms. The summed E-state index contributed by atoms with van der Waals surface area (Å²) in [5, 5.41) is 15.0. The molecular formula is C22H30N6O. The van der Waals surface area contributed by atoms with Gasteiger partial charge in [-0.3, -0.25) is 0 Å². The summed E-state index contributed by atoms with van der Waals surface area (Å²) < 4.78 is 2.02. The largest absolute Gasteiger partial charge is 0.390 e. The molecule has 2 N–H and O–H groups in total. The maximum absolute atomic E-state index is 10.4. The van der Waals surface area contributed by atoms with Crippen molar-refractivity contribution in [3.05, 3.63) is 36.8 Å². The second kappa shape index (κ2) is 8.88. The summed E-state index contributed by atoms with van der Waals surface area (Å²) in [6.07, 6.45) is 11.4. The highest BCUT2D eigenvalue weighted by atomic mass is 16.3. The van der Waals surface area contributed by atoms with Gasteiger partial charge in [0.25, 0.3) is 0 Å². The predicted molar refractivity (Wildman–Crippen MR) is 116 cm³/mol. The van der Waals surface area contributed by atoms with Crippen molar-refractivity contribution in [2.24, 2.45) is 0 Å². The number of aromatic nitrogens is 4. The number of nitrogens with one attached hydrogen (secondary N) is 1. The summed E-state index contributed by atoms with van der Waals surface area (Å²) in [6, 6.07) is 6.40. The van der Waals surface area contributed by atoms with Crippen LogP contribution < -0.4 is 5.32 Å². The summed E-state index contributed by atoms with van der Waals surface area (Å²) >= 11 is 0. The Morgan fingerprint density at radius 3 is 2.79 bits per heavy atom. The Bertz CT molecular complexity index is 947. The SMILES string of the molecule is CN(C)CC(O)Cn1cc(-c2ccnc(NC3CCCCC3)n2)c2cccnc21. The highest BCUT2D eigenvalue weighted by molar-refractivity contribution is 5.93. The molecule has 3 heterocycles. The molecule has 0 amide bonds. The first kappa shape index (κ1) is 19.8. The molecule has 0 saturated heterocycles. The lowest BCUT2D eigenvalue weighted by Gasteiger charge is -2.22. The van der Waals surface area contributed by atoms with Crippen LogP contribution in [-0.4, -0.2) is 62.3 Å². The van der Waals surface area contributed by atoms with Crippen molar-refractivity contribution < 1.29 is 5.11 Å². The number of likely N-dealkylation sites (N-methyl/N-ethyl adjacent to an activating group) is 1. The first-order chi connectivity index (χ1) is 14.1. The van der Waals surface area contributed by atoms with Crippen molar-refractivity contribution in [3.8, 4) is 11.3 Å². The molecule has 1 unspecified atom stereocenters. The van der Waals surface area contributed by atoms with Gasteiger partial charge in [-0.2, -0.15) is 0 Å². The fourth-order valence-corrected chi connectivity index (χ4v) is 4.18. The quantitative estimate of drug-likeness (QED) is 0.641. The van der Waals surface area contributed by atoms with Gasteiger partial charge in [0.15, 0.2) is 0 Å². The number of nitrogens with zero attached hydrogens (tertiary/aromatic N) is 5. The molecule has 7 nitrogen and oxygen atoms in total. The second-order valence-electron chi connectivity index (χ2n) is 8.23. The summed E-state index contributed by atoms with van der Waals surface area (Å²) in [5.74, 6) is 0.687. The average molecular weight is 395 g/mol. The summed E-state index contributed by atoms with van der Waals surface area (Å²) in [7, 11) is 3.92. The van der Waals surface area contributed by atoms with E-state index in [0.29, 0.717) is 25.1 Å². The number of hydrogen-bond acceptors (Lipinski definition) is 6. The molecule has 0 radical (unpaired) electrons. The first-order valence-electron chi connectivity index (χ1n) is 10.5. The van der Waals surface area contributed by atoms with E-state index in [2.05, 4.69) is 21.4 Å². The van der Waals surface area contributed by atoms with Crippen molar-refractivity contribution in [1.82, 2.24) is 24.4 Å². The van der Waals surface area contributed by atoms with Crippen molar-refractivity contribution in [3.63, 3.8) is 0 Å². The van der Waals surface area contributed by atoms with Crippen LogP contribution in [0.3, 0.4) is 0 Å². The Morgan fingerprint density at radius 1 is 1.17 bits per heavy atom. The number of hydrogen-bond donors (Lipinski definition) is 2. The van der Waals surface area contributed by atoms with Gasteiger partial charge in [-0.25, -0.2) is 15.0 Å². The Morgan fingerprint density at radius 2 is 2.00 bits per heavy atom. The van der Waals surface area contributed by atoms with Crippen LogP contribution in [0.1, 0.15) is 32.1 Å². The normalized spacial score (nSPS) is 16.4. The maximum atomic E-state index is 10.4. The minimum Gasteiger partial charge on any atom is -0.390 e. The van der Waals surface area contributed by atoms with Crippen molar-refractivity contribution in [2.75, 3.05) is 26.0 Å². The molecule has 7 heteroatoms. The third-order valence-corrected chi connectivity index (χ3v) is 5.49. The smallest absolute Gasteiger partial charge is 0.223 e. The molecule has 1 aliphatic rings. The number of anilines is 1. The fraction of sp³-hybridized carbons (Fsp3) is 0.500. The summed E-state index contributed by atoms with van der Waals surface area (Å²) in [5.41, 5.74) is 2.75. The van der Waals surface area contributed by atoms with Crippen molar-refractivity contribution >= 4 is 17.0 Å². The molecule has 4 rings (SSSR count). The standard InChI is InChI=1S/C22H30N6O/c1-27(2)13-17(29)14-28-15-19(18-9-6-11-23-21(18)28)20-10-12-24-22(26-20)25-16-7-4-3-5-8-16/h6,9-12,15-17,29H,3-5,7-8,13-14H2,1-2H3,(H,24,25,26).